The molecule has 2 rings (SSSR count). The van der Waals surface area contributed by atoms with Crippen LogP contribution in [0.2, 0.25) is 0 Å². The van der Waals surface area contributed by atoms with Gasteiger partial charge in [-0.3, -0.25) is 4.79 Å². The largest absolute Gasteiger partial charge is 0.481 e. The van der Waals surface area contributed by atoms with Gasteiger partial charge in [-0.15, -0.1) is 0 Å². The highest BCUT2D eigenvalue weighted by molar-refractivity contribution is 7.91. The van der Waals surface area contributed by atoms with Gasteiger partial charge < -0.3 is 15.3 Å². The lowest BCUT2D eigenvalue weighted by molar-refractivity contribution is -0.142. The first-order valence-electron chi connectivity index (χ1n) is 7.38. The van der Waals surface area contributed by atoms with E-state index in [-0.39, 0.29) is 36.7 Å². The molecule has 2 atom stereocenters. The number of amides is 2. The van der Waals surface area contributed by atoms with Gasteiger partial charge in [0.25, 0.3) is 0 Å². The number of carboxylic acids is 1. The normalized spacial score (nSPS) is 29.4. The van der Waals surface area contributed by atoms with Crippen LogP contribution in [0.5, 0.6) is 0 Å². The first kappa shape index (κ1) is 16.1. The third kappa shape index (κ3) is 4.33. The molecule has 1 saturated carbocycles. The molecule has 2 unspecified atom stereocenters. The summed E-state index contributed by atoms with van der Waals surface area (Å²) in [5.74, 6) is -1.46. The fourth-order valence-electron chi connectivity index (χ4n) is 2.94. The van der Waals surface area contributed by atoms with Crippen LogP contribution in [0.1, 0.15) is 32.1 Å². The van der Waals surface area contributed by atoms with Crippen LogP contribution in [-0.4, -0.2) is 61.1 Å². The molecule has 2 N–H and O–H groups in total. The van der Waals surface area contributed by atoms with Crippen molar-refractivity contribution in [3.8, 4) is 0 Å². The minimum Gasteiger partial charge on any atom is -0.481 e. The number of carbonyl (C=O) groups excluding carboxylic acids is 1. The molecule has 8 heteroatoms. The number of nitrogens with zero attached hydrogens (tertiary/aromatic N) is 1. The summed E-state index contributed by atoms with van der Waals surface area (Å²) >= 11 is 0. The Morgan fingerprint density at radius 2 is 1.67 bits per heavy atom. The maximum absolute atomic E-state index is 12.2. The standard InChI is InChI=1S/C13H22N2O5S/c16-12(17)10-4-2-1-3-5-11(10)14-13(18)15-6-8-21(19,20)9-7-15/h10-11H,1-9H2,(H,14,18)(H,16,17). The van der Waals surface area contributed by atoms with Crippen molar-refractivity contribution in [1.29, 1.82) is 0 Å². The first-order chi connectivity index (χ1) is 9.89. The number of carbonyl (C=O) groups is 2. The van der Waals surface area contributed by atoms with E-state index in [2.05, 4.69) is 5.32 Å². The van der Waals surface area contributed by atoms with Crippen LogP contribution in [-0.2, 0) is 14.6 Å². The fraction of sp³-hybridized carbons (Fsp3) is 0.846. The molecule has 0 spiro atoms. The maximum atomic E-state index is 12.2. The number of carboxylic acid groups (broad SMARTS) is 1. The number of nitrogens with one attached hydrogen (secondary N) is 1. The molecule has 1 aliphatic heterocycles. The maximum Gasteiger partial charge on any atom is 0.317 e. The molecule has 0 bridgehead atoms. The minimum atomic E-state index is -3.03. The Balaban J connectivity index is 1.95. The Hall–Kier alpha value is -1.31. The summed E-state index contributed by atoms with van der Waals surface area (Å²) in [5, 5.41) is 12.1. The Morgan fingerprint density at radius 3 is 2.29 bits per heavy atom. The average molecular weight is 318 g/mol. The molecule has 120 valence electrons. The lowest BCUT2D eigenvalue weighted by atomic mass is 9.95. The van der Waals surface area contributed by atoms with E-state index in [1.165, 1.54) is 4.90 Å². The lowest BCUT2D eigenvalue weighted by Gasteiger charge is -2.30. The number of hydrogen-bond acceptors (Lipinski definition) is 4. The molecule has 0 aromatic rings. The lowest BCUT2D eigenvalue weighted by Crippen LogP contribution is -2.52. The third-order valence-electron chi connectivity index (χ3n) is 4.27. The highest BCUT2D eigenvalue weighted by atomic mass is 32.2. The van der Waals surface area contributed by atoms with Crippen molar-refractivity contribution in [3.05, 3.63) is 0 Å². The van der Waals surface area contributed by atoms with Gasteiger partial charge in [0.05, 0.1) is 17.4 Å². The Bertz CT molecular complexity index is 491. The van der Waals surface area contributed by atoms with Crippen LogP contribution in [0, 0.1) is 5.92 Å². The monoisotopic (exact) mass is 318 g/mol. The number of sulfone groups is 1. The Labute approximate surface area is 124 Å². The van der Waals surface area contributed by atoms with Crippen LogP contribution in [0.4, 0.5) is 4.79 Å². The van der Waals surface area contributed by atoms with Crippen molar-refractivity contribution >= 4 is 21.8 Å². The predicted molar refractivity (Wildman–Crippen MR) is 76.8 cm³/mol. The molecule has 7 nitrogen and oxygen atoms in total. The molecule has 1 aliphatic carbocycles. The van der Waals surface area contributed by atoms with E-state index >= 15 is 0 Å². The van der Waals surface area contributed by atoms with Crippen LogP contribution in [0.3, 0.4) is 0 Å². The quantitative estimate of drug-likeness (QED) is 0.720. The highest BCUT2D eigenvalue weighted by Crippen LogP contribution is 2.24. The molecule has 2 fully saturated rings. The summed E-state index contributed by atoms with van der Waals surface area (Å²) in [5.41, 5.74) is 0. The molecular weight excluding hydrogens is 296 g/mol. The topological polar surface area (TPSA) is 104 Å². The van der Waals surface area contributed by atoms with Gasteiger partial charge in [0.2, 0.25) is 0 Å². The zero-order chi connectivity index (χ0) is 15.5. The van der Waals surface area contributed by atoms with Crippen LogP contribution in [0.15, 0.2) is 0 Å². The Morgan fingerprint density at radius 1 is 1.05 bits per heavy atom. The Kier molecular flexibility index (Phi) is 5.08. The van der Waals surface area contributed by atoms with Crippen molar-refractivity contribution in [3.63, 3.8) is 0 Å². The molecule has 0 aromatic heterocycles. The fourth-order valence-corrected chi connectivity index (χ4v) is 4.14. The zero-order valence-electron chi connectivity index (χ0n) is 12.0. The van der Waals surface area contributed by atoms with Gasteiger partial charge >= 0.3 is 12.0 Å². The molecular formula is C13H22N2O5S. The second-order valence-electron chi connectivity index (χ2n) is 5.78. The summed E-state index contributed by atoms with van der Waals surface area (Å²) < 4.78 is 22.7. The molecule has 21 heavy (non-hydrogen) atoms. The molecule has 2 amide bonds. The number of hydrogen-bond donors (Lipinski definition) is 2. The van der Waals surface area contributed by atoms with Crippen molar-refractivity contribution in [1.82, 2.24) is 10.2 Å². The zero-order valence-corrected chi connectivity index (χ0v) is 12.8. The van der Waals surface area contributed by atoms with Gasteiger partial charge in [0.15, 0.2) is 9.84 Å². The number of urea groups is 1. The van der Waals surface area contributed by atoms with Gasteiger partial charge in [-0.25, -0.2) is 13.2 Å². The summed E-state index contributed by atoms with van der Waals surface area (Å²) in [6.07, 6.45) is 4.00. The van der Waals surface area contributed by atoms with E-state index in [0.717, 1.165) is 19.3 Å². The smallest absolute Gasteiger partial charge is 0.317 e. The van der Waals surface area contributed by atoms with Gasteiger partial charge in [0.1, 0.15) is 0 Å². The number of aliphatic carboxylic acids is 1. The van der Waals surface area contributed by atoms with Crippen molar-refractivity contribution < 1.29 is 23.1 Å². The number of rotatable bonds is 2. The van der Waals surface area contributed by atoms with Gasteiger partial charge in [-0.1, -0.05) is 19.3 Å². The molecule has 0 aromatic carbocycles. The van der Waals surface area contributed by atoms with E-state index in [0.29, 0.717) is 12.8 Å². The highest BCUT2D eigenvalue weighted by Gasteiger charge is 2.33. The average Bonchev–Trinajstić information content (AvgIpc) is 2.64. The minimum absolute atomic E-state index is 0.0204. The van der Waals surface area contributed by atoms with Crippen LogP contribution < -0.4 is 5.32 Å². The predicted octanol–water partition coefficient (Wildman–Crippen LogP) is 0.460. The van der Waals surface area contributed by atoms with E-state index in [9.17, 15) is 23.1 Å². The van der Waals surface area contributed by atoms with Crippen molar-refractivity contribution in [2.75, 3.05) is 24.6 Å². The van der Waals surface area contributed by atoms with Crippen molar-refractivity contribution in [2.45, 2.75) is 38.1 Å². The first-order valence-corrected chi connectivity index (χ1v) is 9.20. The summed E-state index contributed by atoms with van der Waals surface area (Å²) in [7, 11) is -3.03. The van der Waals surface area contributed by atoms with E-state index in [4.69, 9.17) is 0 Å². The van der Waals surface area contributed by atoms with Crippen LogP contribution >= 0.6 is 0 Å². The molecule has 1 saturated heterocycles. The van der Waals surface area contributed by atoms with E-state index in [1.54, 1.807) is 0 Å². The van der Waals surface area contributed by atoms with Gasteiger partial charge in [-0.2, -0.15) is 0 Å². The molecule has 1 heterocycles. The van der Waals surface area contributed by atoms with E-state index < -0.39 is 21.7 Å². The summed E-state index contributed by atoms with van der Waals surface area (Å²) in [6, 6.07) is -0.709. The van der Waals surface area contributed by atoms with Crippen molar-refractivity contribution in [2.24, 2.45) is 5.92 Å². The van der Waals surface area contributed by atoms with Crippen LogP contribution in [0.25, 0.3) is 0 Å². The molecule has 0 radical (unpaired) electrons. The third-order valence-corrected chi connectivity index (χ3v) is 5.88. The SMILES string of the molecule is O=C(O)C1CCCCCC1NC(=O)N1CCS(=O)(=O)CC1. The van der Waals surface area contributed by atoms with Gasteiger partial charge in [0, 0.05) is 19.1 Å². The second kappa shape index (κ2) is 6.64. The second-order valence-corrected chi connectivity index (χ2v) is 8.08. The van der Waals surface area contributed by atoms with E-state index in [1.807, 2.05) is 0 Å². The van der Waals surface area contributed by atoms with Gasteiger partial charge in [-0.05, 0) is 12.8 Å². The summed E-state index contributed by atoms with van der Waals surface area (Å²) in [4.78, 5) is 25.0. The summed E-state index contributed by atoms with van der Waals surface area (Å²) in [6.45, 7) is 0.358. The molecule has 2 aliphatic rings.